The minimum Gasteiger partial charge on any atom is -0.382 e. The van der Waals surface area contributed by atoms with Crippen molar-refractivity contribution in [1.82, 2.24) is 9.78 Å². The fraction of sp³-hybridized carbons (Fsp3) is 0.176. The lowest BCUT2D eigenvalue weighted by Gasteiger charge is -2.09. The van der Waals surface area contributed by atoms with Gasteiger partial charge in [-0.1, -0.05) is 42.5 Å². The predicted octanol–water partition coefficient (Wildman–Crippen LogP) is 3.35. The Morgan fingerprint density at radius 3 is 2.77 bits per heavy atom. The van der Waals surface area contributed by atoms with Crippen molar-refractivity contribution in [3.63, 3.8) is 0 Å². The normalized spacial score (nSPS) is 10.8. The molecule has 0 radical (unpaired) electrons. The summed E-state index contributed by atoms with van der Waals surface area (Å²) in [6, 6.07) is 14.8. The zero-order valence-corrected chi connectivity index (χ0v) is 13.8. The molecule has 3 rings (SSSR count). The minimum atomic E-state index is -0.143. The number of nitrogens with zero attached hydrogens (tertiary/aromatic N) is 2. The van der Waals surface area contributed by atoms with E-state index < -0.39 is 0 Å². The van der Waals surface area contributed by atoms with E-state index in [-0.39, 0.29) is 5.56 Å². The third-order valence-electron chi connectivity index (χ3n) is 3.62. The molecule has 0 aliphatic carbocycles. The number of anilines is 1. The van der Waals surface area contributed by atoms with Gasteiger partial charge in [0.05, 0.1) is 11.9 Å². The van der Waals surface area contributed by atoms with E-state index in [4.69, 9.17) is 0 Å². The van der Waals surface area contributed by atoms with Crippen molar-refractivity contribution < 1.29 is 0 Å². The van der Waals surface area contributed by atoms with Crippen molar-refractivity contribution in [2.24, 2.45) is 7.05 Å². The van der Waals surface area contributed by atoms with E-state index in [2.05, 4.69) is 56.7 Å². The zero-order chi connectivity index (χ0) is 15.5. The van der Waals surface area contributed by atoms with Crippen LogP contribution in [0.15, 0.2) is 57.9 Å². The largest absolute Gasteiger partial charge is 0.382 e. The number of halogens is 1. The molecule has 5 heteroatoms. The average molecular weight is 358 g/mol. The summed E-state index contributed by atoms with van der Waals surface area (Å²) in [4.78, 5) is 11.8. The number of benzene rings is 2. The molecule has 0 bridgehead atoms. The van der Waals surface area contributed by atoms with Crippen LogP contribution in [0.5, 0.6) is 0 Å². The van der Waals surface area contributed by atoms with E-state index in [1.54, 1.807) is 13.2 Å². The Labute approximate surface area is 136 Å². The maximum absolute atomic E-state index is 11.8. The summed E-state index contributed by atoms with van der Waals surface area (Å²) in [7, 11) is 1.63. The quantitative estimate of drug-likeness (QED) is 0.778. The average Bonchev–Trinajstić information content (AvgIpc) is 2.55. The Morgan fingerprint density at radius 1 is 1.18 bits per heavy atom. The number of hydrogen-bond donors (Lipinski definition) is 1. The lowest BCUT2D eigenvalue weighted by atomic mass is 10.1. The van der Waals surface area contributed by atoms with Gasteiger partial charge in [-0.05, 0) is 38.7 Å². The van der Waals surface area contributed by atoms with Crippen molar-refractivity contribution in [3.8, 4) is 0 Å². The van der Waals surface area contributed by atoms with Crippen molar-refractivity contribution >= 4 is 32.4 Å². The monoisotopic (exact) mass is 357 g/mol. The first-order valence-corrected chi connectivity index (χ1v) is 7.88. The summed E-state index contributed by atoms with van der Waals surface area (Å²) in [5.41, 5.74) is 1.85. The van der Waals surface area contributed by atoms with Crippen molar-refractivity contribution in [3.05, 3.63) is 69.1 Å². The van der Waals surface area contributed by atoms with Gasteiger partial charge in [0.25, 0.3) is 5.56 Å². The molecule has 4 nitrogen and oxygen atoms in total. The number of rotatable bonds is 4. The van der Waals surface area contributed by atoms with Crippen LogP contribution in [0.1, 0.15) is 5.56 Å². The smallest absolute Gasteiger partial charge is 0.282 e. The van der Waals surface area contributed by atoms with Gasteiger partial charge in [-0.25, -0.2) is 4.68 Å². The standard InChI is InChI=1S/C17H16BrN3O/c1-21-17(22)16(18)15(11-20-21)19-9-8-12-6-7-13-4-2-3-5-14(13)10-12/h2-7,10-11,19H,8-9H2,1H3. The van der Waals surface area contributed by atoms with Gasteiger partial charge in [0.2, 0.25) is 0 Å². The highest BCUT2D eigenvalue weighted by molar-refractivity contribution is 9.10. The van der Waals surface area contributed by atoms with Crippen LogP contribution in [0.2, 0.25) is 0 Å². The molecule has 2 aromatic carbocycles. The highest BCUT2D eigenvalue weighted by Crippen LogP contribution is 2.18. The topological polar surface area (TPSA) is 46.9 Å². The molecule has 1 N–H and O–H groups in total. The predicted molar refractivity (Wildman–Crippen MR) is 93.3 cm³/mol. The molecule has 0 saturated heterocycles. The fourth-order valence-corrected chi connectivity index (χ4v) is 2.87. The molecule has 1 aromatic heterocycles. The number of aryl methyl sites for hydroxylation is 1. The van der Waals surface area contributed by atoms with Crippen LogP contribution in [0.3, 0.4) is 0 Å². The van der Waals surface area contributed by atoms with Crippen LogP contribution >= 0.6 is 15.9 Å². The molecule has 22 heavy (non-hydrogen) atoms. The summed E-state index contributed by atoms with van der Waals surface area (Å²) in [6.07, 6.45) is 2.54. The van der Waals surface area contributed by atoms with Crippen LogP contribution in [0.25, 0.3) is 10.8 Å². The van der Waals surface area contributed by atoms with E-state index in [0.717, 1.165) is 18.7 Å². The molecular formula is C17H16BrN3O. The molecule has 0 aliphatic heterocycles. The van der Waals surface area contributed by atoms with Gasteiger partial charge in [0.15, 0.2) is 0 Å². The summed E-state index contributed by atoms with van der Waals surface area (Å²) >= 11 is 3.31. The Morgan fingerprint density at radius 2 is 1.95 bits per heavy atom. The van der Waals surface area contributed by atoms with Gasteiger partial charge < -0.3 is 5.32 Å². The summed E-state index contributed by atoms with van der Waals surface area (Å²) in [6.45, 7) is 0.742. The van der Waals surface area contributed by atoms with Crippen molar-refractivity contribution in [2.75, 3.05) is 11.9 Å². The van der Waals surface area contributed by atoms with E-state index in [1.165, 1.54) is 21.0 Å². The molecular weight excluding hydrogens is 342 g/mol. The summed E-state index contributed by atoms with van der Waals surface area (Å²) < 4.78 is 1.82. The Hall–Kier alpha value is -2.14. The lowest BCUT2D eigenvalue weighted by Crippen LogP contribution is -2.21. The minimum absolute atomic E-state index is 0.143. The van der Waals surface area contributed by atoms with E-state index in [9.17, 15) is 4.79 Å². The number of fused-ring (bicyclic) bond motifs is 1. The number of hydrogen-bond acceptors (Lipinski definition) is 3. The van der Waals surface area contributed by atoms with Crippen molar-refractivity contribution in [1.29, 1.82) is 0 Å². The van der Waals surface area contributed by atoms with Crippen molar-refractivity contribution in [2.45, 2.75) is 6.42 Å². The van der Waals surface area contributed by atoms with Crippen LogP contribution in [-0.4, -0.2) is 16.3 Å². The second-order valence-corrected chi connectivity index (χ2v) is 5.95. The summed E-state index contributed by atoms with van der Waals surface area (Å²) in [5.74, 6) is 0. The first kappa shape index (κ1) is 14.8. The first-order valence-electron chi connectivity index (χ1n) is 7.08. The Kier molecular flexibility index (Phi) is 4.24. The maximum Gasteiger partial charge on any atom is 0.282 e. The van der Waals surface area contributed by atoms with Crippen LogP contribution in [0.4, 0.5) is 5.69 Å². The molecule has 0 amide bonds. The van der Waals surface area contributed by atoms with Gasteiger partial charge in [0, 0.05) is 13.6 Å². The Balaban J connectivity index is 1.70. The zero-order valence-electron chi connectivity index (χ0n) is 12.2. The molecule has 0 unspecified atom stereocenters. The molecule has 0 fully saturated rings. The van der Waals surface area contributed by atoms with E-state index >= 15 is 0 Å². The third-order valence-corrected chi connectivity index (χ3v) is 4.39. The number of nitrogens with one attached hydrogen (secondary N) is 1. The van der Waals surface area contributed by atoms with E-state index in [1.807, 2.05) is 12.1 Å². The summed E-state index contributed by atoms with van der Waals surface area (Å²) in [5, 5.41) is 9.77. The maximum atomic E-state index is 11.8. The van der Waals surface area contributed by atoms with Gasteiger partial charge in [0.1, 0.15) is 4.47 Å². The Bertz CT molecular complexity index is 873. The van der Waals surface area contributed by atoms with Crippen LogP contribution in [0, 0.1) is 0 Å². The molecule has 112 valence electrons. The van der Waals surface area contributed by atoms with Gasteiger partial charge in [-0.2, -0.15) is 5.10 Å². The molecule has 1 heterocycles. The second kappa shape index (κ2) is 6.32. The van der Waals surface area contributed by atoms with Crippen LogP contribution < -0.4 is 10.9 Å². The van der Waals surface area contributed by atoms with Gasteiger partial charge in [-0.3, -0.25) is 4.79 Å². The SMILES string of the molecule is Cn1ncc(NCCc2ccc3ccccc3c2)c(Br)c1=O. The number of aromatic nitrogens is 2. The molecule has 0 saturated carbocycles. The van der Waals surface area contributed by atoms with Gasteiger partial charge in [-0.15, -0.1) is 0 Å². The molecule has 0 aliphatic rings. The van der Waals surface area contributed by atoms with Gasteiger partial charge >= 0.3 is 0 Å². The molecule has 0 spiro atoms. The van der Waals surface area contributed by atoms with E-state index in [0.29, 0.717) is 4.47 Å². The molecule has 3 aromatic rings. The lowest BCUT2D eigenvalue weighted by molar-refractivity contribution is 0.703. The highest BCUT2D eigenvalue weighted by atomic mass is 79.9. The second-order valence-electron chi connectivity index (χ2n) is 5.16. The van der Waals surface area contributed by atoms with Crippen LogP contribution in [-0.2, 0) is 13.5 Å². The highest BCUT2D eigenvalue weighted by Gasteiger charge is 2.06. The molecule has 0 atom stereocenters. The third kappa shape index (κ3) is 3.04. The first-order chi connectivity index (χ1) is 10.6. The fourth-order valence-electron chi connectivity index (χ4n) is 2.37.